The molecular weight excluding hydrogens is 562 g/mol. The van der Waals surface area contributed by atoms with Gasteiger partial charge in [-0.25, -0.2) is 0 Å². The lowest BCUT2D eigenvalue weighted by Gasteiger charge is -2.14. The van der Waals surface area contributed by atoms with E-state index in [2.05, 4.69) is 55.8 Å². The standard InChI is InChI=1S/C26H25BrClN5O2S/c1-4-5-6-16-7-9-18(10-8-16)33-31-22-13-20(28)21(14-23(22)32-33)29-26(36)30-25(34)19-12-17(27)11-15(2)24(19)35-3/h7-14H,4-6H2,1-3H3,(H2,29,30,34,36). The molecule has 0 unspecified atom stereocenters. The molecule has 7 nitrogen and oxygen atoms in total. The second-order valence-corrected chi connectivity index (χ2v) is 10.0. The summed E-state index contributed by atoms with van der Waals surface area (Å²) in [5.74, 6) is 0.0761. The Labute approximate surface area is 228 Å². The lowest BCUT2D eigenvalue weighted by Crippen LogP contribution is -2.34. The maximum atomic E-state index is 12.9. The third-order valence-corrected chi connectivity index (χ3v) is 6.59. The van der Waals surface area contributed by atoms with Crippen molar-refractivity contribution in [1.29, 1.82) is 0 Å². The number of amides is 1. The third kappa shape index (κ3) is 5.86. The fraction of sp³-hybridized carbons (Fsp3) is 0.231. The Kier molecular flexibility index (Phi) is 8.23. The van der Waals surface area contributed by atoms with Crippen LogP contribution in [-0.4, -0.2) is 33.1 Å². The van der Waals surface area contributed by atoms with Crippen molar-refractivity contribution in [1.82, 2.24) is 20.3 Å². The van der Waals surface area contributed by atoms with Crippen LogP contribution in [-0.2, 0) is 6.42 Å². The number of ether oxygens (including phenoxy) is 1. The van der Waals surface area contributed by atoms with E-state index in [4.69, 9.17) is 28.6 Å². The maximum Gasteiger partial charge on any atom is 0.261 e. The van der Waals surface area contributed by atoms with E-state index in [-0.39, 0.29) is 5.11 Å². The second kappa shape index (κ2) is 11.4. The molecule has 0 spiro atoms. The summed E-state index contributed by atoms with van der Waals surface area (Å²) in [6, 6.07) is 15.2. The van der Waals surface area contributed by atoms with Crippen LogP contribution in [0, 0.1) is 6.92 Å². The van der Waals surface area contributed by atoms with Gasteiger partial charge in [0.2, 0.25) is 0 Å². The van der Waals surface area contributed by atoms with Gasteiger partial charge in [0, 0.05) is 4.47 Å². The van der Waals surface area contributed by atoms with E-state index in [1.54, 1.807) is 23.0 Å². The number of aromatic nitrogens is 3. The molecule has 4 aromatic rings. The highest BCUT2D eigenvalue weighted by molar-refractivity contribution is 9.10. The molecular formula is C26H25BrClN5O2S. The van der Waals surface area contributed by atoms with Gasteiger partial charge in [-0.1, -0.05) is 53.0 Å². The van der Waals surface area contributed by atoms with Gasteiger partial charge in [0.05, 0.1) is 29.1 Å². The molecule has 1 heterocycles. The summed E-state index contributed by atoms with van der Waals surface area (Å²) >= 11 is 15.3. The molecule has 36 heavy (non-hydrogen) atoms. The number of hydrogen-bond acceptors (Lipinski definition) is 5. The topological polar surface area (TPSA) is 81.1 Å². The molecule has 0 saturated carbocycles. The Balaban J connectivity index is 1.51. The van der Waals surface area contributed by atoms with Gasteiger partial charge in [-0.3, -0.25) is 10.1 Å². The highest BCUT2D eigenvalue weighted by Crippen LogP contribution is 2.29. The van der Waals surface area contributed by atoms with E-state index in [0.717, 1.165) is 35.0 Å². The number of nitrogens with one attached hydrogen (secondary N) is 2. The first-order chi connectivity index (χ1) is 17.3. The predicted octanol–water partition coefficient (Wildman–Crippen LogP) is 6.62. The summed E-state index contributed by atoms with van der Waals surface area (Å²) in [6.45, 7) is 4.04. The largest absolute Gasteiger partial charge is 0.496 e. The van der Waals surface area contributed by atoms with E-state index in [1.807, 2.05) is 25.1 Å². The zero-order valence-corrected chi connectivity index (χ0v) is 23.2. The third-order valence-electron chi connectivity index (χ3n) is 5.62. The molecule has 0 radical (unpaired) electrons. The Hall–Kier alpha value is -3.01. The molecule has 1 amide bonds. The van der Waals surface area contributed by atoms with Crippen LogP contribution in [0.2, 0.25) is 5.02 Å². The summed E-state index contributed by atoms with van der Waals surface area (Å²) in [7, 11) is 1.52. The number of carbonyl (C=O) groups is 1. The number of rotatable bonds is 7. The molecule has 0 bridgehead atoms. The minimum Gasteiger partial charge on any atom is -0.496 e. The van der Waals surface area contributed by atoms with Crippen LogP contribution in [0.5, 0.6) is 5.75 Å². The molecule has 0 saturated heterocycles. The van der Waals surface area contributed by atoms with Crippen LogP contribution in [0.15, 0.2) is 53.0 Å². The highest BCUT2D eigenvalue weighted by atomic mass is 79.9. The molecule has 3 aromatic carbocycles. The molecule has 0 aliphatic heterocycles. The quantitative estimate of drug-likeness (QED) is 0.237. The van der Waals surface area contributed by atoms with Crippen molar-refractivity contribution >= 4 is 67.5 Å². The van der Waals surface area contributed by atoms with Crippen LogP contribution < -0.4 is 15.4 Å². The van der Waals surface area contributed by atoms with Crippen LogP contribution in [0.25, 0.3) is 16.7 Å². The molecule has 4 rings (SSSR count). The van der Waals surface area contributed by atoms with Crippen molar-refractivity contribution in [3.05, 3.63) is 74.7 Å². The second-order valence-electron chi connectivity index (χ2n) is 8.29. The van der Waals surface area contributed by atoms with E-state index < -0.39 is 5.91 Å². The van der Waals surface area contributed by atoms with E-state index in [0.29, 0.717) is 33.1 Å². The first-order valence-corrected chi connectivity index (χ1v) is 13.0. The summed E-state index contributed by atoms with van der Waals surface area (Å²) in [4.78, 5) is 14.5. The van der Waals surface area contributed by atoms with Crippen molar-refractivity contribution in [3.8, 4) is 11.4 Å². The van der Waals surface area contributed by atoms with Crippen LogP contribution >= 0.6 is 39.7 Å². The number of fused-ring (bicyclic) bond motifs is 1. The van der Waals surface area contributed by atoms with Crippen LogP contribution in [0.4, 0.5) is 5.69 Å². The van der Waals surface area contributed by atoms with E-state index in [9.17, 15) is 4.79 Å². The van der Waals surface area contributed by atoms with Crippen molar-refractivity contribution in [2.75, 3.05) is 12.4 Å². The van der Waals surface area contributed by atoms with Gasteiger partial charge >= 0.3 is 0 Å². The number of unbranched alkanes of at least 4 members (excludes halogenated alkanes) is 1. The Morgan fingerprint density at radius 3 is 2.50 bits per heavy atom. The Morgan fingerprint density at radius 1 is 1.14 bits per heavy atom. The molecule has 0 aliphatic rings. The van der Waals surface area contributed by atoms with Gasteiger partial charge in [0.15, 0.2) is 5.11 Å². The fourth-order valence-corrected chi connectivity index (χ4v) is 4.80. The maximum absolute atomic E-state index is 12.9. The number of aryl methyl sites for hydroxylation is 2. The van der Waals surface area contributed by atoms with Gasteiger partial charge in [0.1, 0.15) is 16.8 Å². The predicted molar refractivity (Wildman–Crippen MR) is 152 cm³/mol. The van der Waals surface area contributed by atoms with Gasteiger partial charge in [0.25, 0.3) is 5.91 Å². The summed E-state index contributed by atoms with van der Waals surface area (Å²) < 4.78 is 6.16. The summed E-state index contributed by atoms with van der Waals surface area (Å²) in [5.41, 5.74) is 5.12. The zero-order valence-electron chi connectivity index (χ0n) is 20.1. The number of hydrogen-bond donors (Lipinski definition) is 2. The molecule has 186 valence electrons. The number of anilines is 1. The number of carbonyl (C=O) groups excluding carboxylic acids is 1. The highest BCUT2D eigenvalue weighted by Gasteiger charge is 2.18. The van der Waals surface area contributed by atoms with Crippen molar-refractivity contribution in [2.24, 2.45) is 0 Å². The Morgan fingerprint density at radius 2 is 1.83 bits per heavy atom. The normalized spacial score (nSPS) is 10.9. The fourth-order valence-electron chi connectivity index (χ4n) is 3.82. The molecule has 10 heteroatoms. The van der Waals surface area contributed by atoms with Gasteiger partial charge in [-0.15, -0.1) is 10.2 Å². The molecule has 0 fully saturated rings. The minimum absolute atomic E-state index is 0.0935. The molecule has 1 aromatic heterocycles. The molecule has 2 N–H and O–H groups in total. The van der Waals surface area contributed by atoms with Crippen molar-refractivity contribution in [2.45, 2.75) is 33.1 Å². The molecule has 0 aliphatic carbocycles. The van der Waals surface area contributed by atoms with Crippen molar-refractivity contribution < 1.29 is 9.53 Å². The van der Waals surface area contributed by atoms with Crippen molar-refractivity contribution in [3.63, 3.8) is 0 Å². The van der Waals surface area contributed by atoms with Crippen LogP contribution in [0.1, 0.15) is 41.3 Å². The smallest absolute Gasteiger partial charge is 0.261 e. The lowest BCUT2D eigenvalue weighted by atomic mass is 10.1. The SMILES string of the molecule is CCCCc1ccc(-n2nc3cc(Cl)c(NC(=S)NC(=O)c4cc(Br)cc(C)c4OC)cc3n2)cc1. The van der Waals surface area contributed by atoms with Crippen LogP contribution in [0.3, 0.4) is 0 Å². The zero-order chi connectivity index (χ0) is 25.8. The minimum atomic E-state index is -0.403. The first kappa shape index (κ1) is 26.1. The van der Waals surface area contributed by atoms with Gasteiger partial charge in [-0.05, 0) is 79.5 Å². The number of nitrogens with zero attached hydrogens (tertiary/aromatic N) is 3. The number of methoxy groups -OCH3 is 1. The number of thiocarbonyl (C=S) groups is 1. The van der Waals surface area contributed by atoms with Gasteiger partial charge < -0.3 is 10.1 Å². The number of benzene rings is 3. The molecule has 0 atom stereocenters. The average molecular weight is 587 g/mol. The Bertz CT molecular complexity index is 1440. The van der Waals surface area contributed by atoms with Gasteiger partial charge in [-0.2, -0.15) is 4.80 Å². The average Bonchev–Trinajstić information content (AvgIpc) is 3.25. The summed E-state index contributed by atoms with van der Waals surface area (Å²) in [5, 5.41) is 15.3. The first-order valence-electron chi connectivity index (χ1n) is 11.4. The van der Waals surface area contributed by atoms with E-state index >= 15 is 0 Å². The monoisotopic (exact) mass is 585 g/mol. The lowest BCUT2D eigenvalue weighted by molar-refractivity contribution is 0.0974. The number of halogens is 2. The summed E-state index contributed by atoms with van der Waals surface area (Å²) in [6.07, 6.45) is 3.38. The van der Waals surface area contributed by atoms with E-state index in [1.165, 1.54) is 12.7 Å².